The maximum absolute atomic E-state index is 12.4. The fourth-order valence-electron chi connectivity index (χ4n) is 2.28. The lowest BCUT2D eigenvalue weighted by atomic mass is 10.1. The van der Waals surface area contributed by atoms with Gasteiger partial charge in [-0.15, -0.1) is 0 Å². The van der Waals surface area contributed by atoms with Crippen LogP contribution in [0.1, 0.15) is 19.4 Å². The number of imidazole rings is 1. The van der Waals surface area contributed by atoms with Crippen molar-refractivity contribution >= 4 is 16.0 Å². The van der Waals surface area contributed by atoms with Crippen LogP contribution in [0.5, 0.6) is 0 Å². The van der Waals surface area contributed by atoms with Crippen LogP contribution in [0.25, 0.3) is 0 Å². The van der Waals surface area contributed by atoms with E-state index in [0.717, 1.165) is 5.56 Å². The van der Waals surface area contributed by atoms with Gasteiger partial charge in [0.05, 0.1) is 6.33 Å². The average molecular weight is 351 g/mol. The number of aromatic nitrogens is 2. The third kappa shape index (κ3) is 4.90. The second-order valence-corrected chi connectivity index (χ2v) is 7.67. The number of carboxylic acid groups (broad SMARTS) is 1. The van der Waals surface area contributed by atoms with E-state index in [2.05, 4.69) is 9.71 Å². The Labute approximate surface area is 141 Å². The van der Waals surface area contributed by atoms with Gasteiger partial charge in [-0.25, -0.2) is 13.4 Å². The molecule has 0 radical (unpaired) electrons. The zero-order chi connectivity index (χ0) is 17.7. The Balaban J connectivity index is 2.15. The number of hydrogen-bond donors (Lipinski definition) is 2. The highest BCUT2D eigenvalue weighted by Gasteiger charge is 2.27. The number of nitrogens with zero attached hydrogens (tertiary/aromatic N) is 2. The maximum Gasteiger partial charge on any atom is 0.322 e. The SMILES string of the molecule is CC(C)Cn1cnc(S(=O)(=O)N[C@H](Cc2ccccc2)C(=O)O)c1. The average Bonchev–Trinajstić information content (AvgIpc) is 2.96. The largest absolute Gasteiger partial charge is 0.480 e. The van der Waals surface area contributed by atoms with Crippen molar-refractivity contribution in [3.05, 3.63) is 48.4 Å². The van der Waals surface area contributed by atoms with Crippen LogP contribution in [0.3, 0.4) is 0 Å². The van der Waals surface area contributed by atoms with Gasteiger partial charge in [0.2, 0.25) is 0 Å². The lowest BCUT2D eigenvalue weighted by Gasteiger charge is -2.14. The van der Waals surface area contributed by atoms with Crippen LogP contribution in [0.4, 0.5) is 0 Å². The summed E-state index contributed by atoms with van der Waals surface area (Å²) < 4.78 is 28.7. The lowest BCUT2D eigenvalue weighted by molar-refractivity contribution is -0.138. The molecular weight excluding hydrogens is 330 g/mol. The zero-order valence-corrected chi connectivity index (χ0v) is 14.4. The fourth-order valence-corrected chi connectivity index (χ4v) is 3.42. The molecule has 0 unspecified atom stereocenters. The summed E-state index contributed by atoms with van der Waals surface area (Å²) in [6, 6.07) is 7.60. The van der Waals surface area contributed by atoms with Gasteiger partial charge < -0.3 is 9.67 Å². The van der Waals surface area contributed by atoms with Gasteiger partial charge in [0.1, 0.15) is 6.04 Å². The normalized spacial score (nSPS) is 13.1. The molecule has 1 aromatic heterocycles. The Bertz CT molecular complexity index is 785. The molecule has 1 heterocycles. The first-order valence-electron chi connectivity index (χ1n) is 7.59. The lowest BCUT2D eigenvalue weighted by Crippen LogP contribution is -2.42. The Kier molecular flexibility index (Phi) is 5.74. The zero-order valence-electron chi connectivity index (χ0n) is 13.6. The first kappa shape index (κ1) is 18.2. The van der Waals surface area contributed by atoms with Crippen molar-refractivity contribution in [3.63, 3.8) is 0 Å². The molecule has 1 atom stereocenters. The van der Waals surface area contributed by atoms with Crippen molar-refractivity contribution in [2.75, 3.05) is 0 Å². The number of hydrogen-bond acceptors (Lipinski definition) is 4. The highest BCUT2D eigenvalue weighted by Crippen LogP contribution is 2.10. The van der Waals surface area contributed by atoms with Crippen LogP contribution < -0.4 is 4.72 Å². The molecule has 130 valence electrons. The van der Waals surface area contributed by atoms with E-state index in [1.807, 2.05) is 19.9 Å². The molecule has 0 aliphatic heterocycles. The second kappa shape index (κ2) is 7.59. The Morgan fingerprint density at radius 1 is 1.29 bits per heavy atom. The van der Waals surface area contributed by atoms with Crippen molar-refractivity contribution in [3.8, 4) is 0 Å². The molecule has 0 saturated carbocycles. The smallest absolute Gasteiger partial charge is 0.322 e. The van der Waals surface area contributed by atoms with Crippen LogP contribution in [0, 0.1) is 5.92 Å². The molecule has 0 aliphatic rings. The van der Waals surface area contributed by atoms with Gasteiger partial charge >= 0.3 is 5.97 Å². The molecule has 24 heavy (non-hydrogen) atoms. The van der Waals surface area contributed by atoms with E-state index in [0.29, 0.717) is 12.5 Å². The van der Waals surface area contributed by atoms with Gasteiger partial charge in [-0.05, 0) is 17.9 Å². The molecular formula is C16H21N3O4S. The van der Waals surface area contributed by atoms with Crippen molar-refractivity contribution in [2.45, 2.75) is 37.9 Å². The molecule has 1 aromatic carbocycles. The molecule has 2 N–H and O–H groups in total. The summed E-state index contributed by atoms with van der Waals surface area (Å²) in [6.45, 7) is 4.65. The Morgan fingerprint density at radius 3 is 2.54 bits per heavy atom. The number of nitrogens with one attached hydrogen (secondary N) is 1. The maximum atomic E-state index is 12.4. The van der Waals surface area contributed by atoms with Gasteiger partial charge in [0.25, 0.3) is 10.0 Å². The van der Waals surface area contributed by atoms with Gasteiger partial charge in [-0.1, -0.05) is 44.2 Å². The summed E-state index contributed by atoms with van der Waals surface area (Å²) in [5.74, 6) is -0.892. The molecule has 0 saturated heterocycles. The minimum Gasteiger partial charge on any atom is -0.480 e. The van der Waals surface area contributed by atoms with Crippen LogP contribution in [-0.2, 0) is 27.8 Å². The minimum atomic E-state index is -4.00. The summed E-state index contributed by atoms with van der Waals surface area (Å²) in [4.78, 5) is 15.3. The molecule has 0 aliphatic carbocycles. The van der Waals surface area contributed by atoms with Gasteiger partial charge in [-0.2, -0.15) is 4.72 Å². The van der Waals surface area contributed by atoms with Crippen molar-refractivity contribution < 1.29 is 18.3 Å². The van der Waals surface area contributed by atoms with Gasteiger partial charge in [-0.3, -0.25) is 4.79 Å². The predicted molar refractivity (Wildman–Crippen MR) is 89.0 cm³/mol. The second-order valence-electron chi connectivity index (χ2n) is 6.00. The van der Waals surface area contributed by atoms with Gasteiger partial charge in [0, 0.05) is 12.7 Å². The van der Waals surface area contributed by atoms with Crippen LogP contribution >= 0.6 is 0 Å². The molecule has 0 spiro atoms. The number of carboxylic acids is 1. The minimum absolute atomic E-state index is 0.0576. The number of benzene rings is 1. The van der Waals surface area contributed by atoms with E-state index in [-0.39, 0.29) is 11.4 Å². The van der Waals surface area contributed by atoms with Crippen molar-refractivity contribution in [2.24, 2.45) is 5.92 Å². The molecule has 0 fully saturated rings. The van der Waals surface area contributed by atoms with E-state index in [1.165, 1.54) is 12.5 Å². The van der Waals surface area contributed by atoms with Crippen LogP contribution in [0.2, 0.25) is 0 Å². The fraction of sp³-hybridized carbons (Fsp3) is 0.375. The molecule has 0 amide bonds. The van der Waals surface area contributed by atoms with E-state index in [1.54, 1.807) is 28.8 Å². The number of rotatable bonds is 8. The van der Waals surface area contributed by atoms with Crippen molar-refractivity contribution in [1.29, 1.82) is 0 Å². The summed E-state index contributed by atoms with van der Waals surface area (Å²) in [5, 5.41) is 9.14. The Hall–Kier alpha value is -2.19. The Morgan fingerprint density at radius 2 is 1.96 bits per heavy atom. The topological polar surface area (TPSA) is 101 Å². The first-order valence-corrected chi connectivity index (χ1v) is 9.07. The van der Waals surface area contributed by atoms with Gasteiger partial charge in [0.15, 0.2) is 5.03 Å². The predicted octanol–water partition coefficient (Wildman–Crippen LogP) is 1.51. The summed E-state index contributed by atoms with van der Waals surface area (Å²) in [7, 11) is -4.00. The summed E-state index contributed by atoms with van der Waals surface area (Å²) >= 11 is 0. The van der Waals surface area contributed by atoms with Crippen molar-refractivity contribution in [1.82, 2.24) is 14.3 Å². The first-order chi connectivity index (χ1) is 11.3. The quantitative estimate of drug-likeness (QED) is 0.751. The molecule has 2 rings (SSSR count). The van der Waals surface area contributed by atoms with E-state index < -0.39 is 22.0 Å². The molecule has 0 bridgehead atoms. The van der Waals surface area contributed by atoms with E-state index in [4.69, 9.17) is 0 Å². The highest BCUT2D eigenvalue weighted by atomic mass is 32.2. The number of carbonyl (C=O) groups is 1. The van der Waals surface area contributed by atoms with Crippen LogP contribution in [-0.4, -0.2) is 35.1 Å². The van der Waals surface area contributed by atoms with E-state index >= 15 is 0 Å². The summed E-state index contributed by atoms with van der Waals surface area (Å²) in [5.41, 5.74) is 0.734. The highest BCUT2D eigenvalue weighted by molar-refractivity contribution is 7.89. The summed E-state index contributed by atoms with van der Waals surface area (Å²) in [6.07, 6.45) is 2.90. The molecule has 7 nitrogen and oxygen atoms in total. The third-order valence-corrected chi connectivity index (χ3v) is 4.70. The number of sulfonamides is 1. The molecule has 2 aromatic rings. The molecule has 8 heteroatoms. The standard InChI is InChI=1S/C16H21N3O4S/c1-12(2)9-19-10-15(17-11-19)24(22,23)18-14(16(20)21)8-13-6-4-3-5-7-13/h3-7,10-12,14,18H,8-9H2,1-2H3,(H,20,21)/t14-/m1/s1. The number of aliphatic carboxylic acids is 1. The van der Waals surface area contributed by atoms with Crippen LogP contribution in [0.15, 0.2) is 47.9 Å². The van der Waals surface area contributed by atoms with E-state index in [9.17, 15) is 18.3 Å². The monoisotopic (exact) mass is 351 g/mol. The third-order valence-electron chi connectivity index (χ3n) is 3.34.